The van der Waals surface area contributed by atoms with Crippen molar-refractivity contribution in [2.24, 2.45) is 7.05 Å². The van der Waals surface area contributed by atoms with Crippen LogP contribution in [0, 0.1) is 6.92 Å². The summed E-state index contributed by atoms with van der Waals surface area (Å²) in [5, 5.41) is 11.0. The monoisotopic (exact) mass is 232 g/mol. The fraction of sp³-hybridized carbons (Fsp3) is 0.333. The lowest BCUT2D eigenvalue weighted by atomic mass is 10.2. The van der Waals surface area contributed by atoms with Gasteiger partial charge < -0.3 is 10.1 Å². The van der Waals surface area contributed by atoms with Gasteiger partial charge in [-0.2, -0.15) is 0 Å². The second-order valence-corrected chi connectivity index (χ2v) is 3.91. The average Bonchev–Trinajstić information content (AvgIpc) is 2.72. The number of aryl methyl sites for hydroxylation is 2. The van der Waals surface area contributed by atoms with E-state index < -0.39 is 0 Å². The second kappa shape index (κ2) is 4.86. The molecule has 0 unspecified atom stereocenters. The van der Waals surface area contributed by atoms with Gasteiger partial charge in [0.1, 0.15) is 5.75 Å². The number of nitrogens with one attached hydrogen (secondary N) is 1. The number of benzene rings is 1. The highest BCUT2D eigenvalue weighted by Gasteiger charge is 2.04. The molecule has 0 spiro atoms. The molecular weight excluding hydrogens is 216 g/mol. The van der Waals surface area contributed by atoms with Crippen LogP contribution < -0.4 is 10.1 Å². The van der Waals surface area contributed by atoms with Crippen molar-refractivity contribution in [3.8, 4) is 5.75 Å². The molecule has 1 aromatic heterocycles. The van der Waals surface area contributed by atoms with Crippen molar-refractivity contribution in [3.63, 3.8) is 0 Å². The Bertz CT molecular complexity index is 507. The van der Waals surface area contributed by atoms with Crippen molar-refractivity contribution in [2.75, 3.05) is 12.4 Å². The predicted molar refractivity (Wildman–Crippen MR) is 66.1 cm³/mol. The highest BCUT2D eigenvalue weighted by Crippen LogP contribution is 2.25. The quantitative estimate of drug-likeness (QED) is 0.872. The lowest BCUT2D eigenvalue weighted by Gasteiger charge is -2.11. The summed E-state index contributed by atoms with van der Waals surface area (Å²) in [5.41, 5.74) is 3.19. The molecule has 90 valence electrons. The third kappa shape index (κ3) is 2.55. The van der Waals surface area contributed by atoms with Gasteiger partial charge in [-0.3, -0.25) is 4.68 Å². The topological polar surface area (TPSA) is 52.0 Å². The number of methoxy groups -OCH3 is 1. The van der Waals surface area contributed by atoms with E-state index in [4.69, 9.17) is 4.74 Å². The van der Waals surface area contributed by atoms with Crippen LogP contribution in [0.1, 0.15) is 11.3 Å². The summed E-state index contributed by atoms with van der Waals surface area (Å²) in [6.07, 6.45) is 1.75. The van der Waals surface area contributed by atoms with E-state index in [0.29, 0.717) is 6.54 Å². The van der Waals surface area contributed by atoms with E-state index in [1.807, 2.05) is 19.2 Å². The van der Waals surface area contributed by atoms with E-state index in [0.717, 1.165) is 17.1 Å². The van der Waals surface area contributed by atoms with Crippen LogP contribution in [-0.2, 0) is 13.6 Å². The number of aromatic nitrogens is 3. The number of nitrogens with zero attached hydrogens (tertiary/aromatic N) is 3. The fourth-order valence-corrected chi connectivity index (χ4v) is 1.62. The van der Waals surface area contributed by atoms with Crippen LogP contribution in [0.3, 0.4) is 0 Å². The molecule has 1 heterocycles. The van der Waals surface area contributed by atoms with Crippen LogP contribution >= 0.6 is 0 Å². The Kier molecular flexibility index (Phi) is 3.27. The summed E-state index contributed by atoms with van der Waals surface area (Å²) >= 11 is 0. The largest absolute Gasteiger partial charge is 0.495 e. The Hall–Kier alpha value is -2.04. The SMILES string of the molecule is COc1ccc(C)cc1NCc1cnnn1C. The Morgan fingerprint density at radius 2 is 2.24 bits per heavy atom. The van der Waals surface area contributed by atoms with Gasteiger partial charge in [-0.05, 0) is 24.6 Å². The molecule has 5 heteroatoms. The van der Waals surface area contributed by atoms with E-state index in [-0.39, 0.29) is 0 Å². The van der Waals surface area contributed by atoms with Crippen LogP contribution in [0.4, 0.5) is 5.69 Å². The maximum Gasteiger partial charge on any atom is 0.141 e. The van der Waals surface area contributed by atoms with Crippen molar-refractivity contribution in [1.29, 1.82) is 0 Å². The van der Waals surface area contributed by atoms with E-state index in [1.165, 1.54) is 5.56 Å². The average molecular weight is 232 g/mol. The smallest absolute Gasteiger partial charge is 0.141 e. The molecule has 0 radical (unpaired) electrons. The van der Waals surface area contributed by atoms with Crippen molar-refractivity contribution in [3.05, 3.63) is 35.7 Å². The first-order valence-corrected chi connectivity index (χ1v) is 5.43. The Balaban J connectivity index is 2.13. The molecular formula is C12H16N4O. The van der Waals surface area contributed by atoms with Crippen molar-refractivity contribution < 1.29 is 4.74 Å². The molecule has 2 aromatic rings. The first kappa shape index (κ1) is 11.4. The molecule has 0 aliphatic rings. The number of rotatable bonds is 4. The van der Waals surface area contributed by atoms with Crippen LogP contribution in [0.25, 0.3) is 0 Å². The van der Waals surface area contributed by atoms with Gasteiger partial charge in [0.2, 0.25) is 0 Å². The molecule has 1 N–H and O–H groups in total. The molecule has 0 bridgehead atoms. The second-order valence-electron chi connectivity index (χ2n) is 3.91. The Morgan fingerprint density at radius 3 is 2.88 bits per heavy atom. The number of ether oxygens (including phenoxy) is 1. The molecule has 0 aliphatic carbocycles. The Labute approximate surface area is 100 Å². The maximum absolute atomic E-state index is 5.30. The van der Waals surface area contributed by atoms with Gasteiger partial charge in [-0.25, -0.2) is 0 Å². The Morgan fingerprint density at radius 1 is 1.41 bits per heavy atom. The lowest BCUT2D eigenvalue weighted by Crippen LogP contribution is -2.06. The number of anilines is 1. The third-order valence-electron chi connectivity index (χ3n) is 2.62. The molecule has 5 nitrogen and oxygen atoms in total. The van der Waals surface area contributed by atoms with Crippen LogP contribution in [0.15, 0.2) is 24.4 Å². The van der Waals surface area contributed by atoms with Crippen molar-refractivity contribution >= 4 is 5.69 Å². The summed E-state index contributed by atoms with van der Waals surface area (Å²) in [5.74, 6) is 0.839. The van der Waals surface area contributed by atoms with Gasteiger partial charge in [-0.15, -0.1) is 5.10 Å². The minimum Gasteiger partial charge on any atom is -0.495 e. The summed E-state index contributed by atoms with van der Waals surface area (Å²) < 4.78 is 7.05. The zero-order valence-corrected chi connectivity index (χ0v) is 10.3. The molecule has 0 amide bonds. The molecule has 0 atom stereocenters. The highest BCUT2D eigenvalue weighted by molar-refractivity contribution is 5.57. The first-order chi connectivity index (χ1) is 8.20. The molecule has 0 aliphatic heterocycles. The fourth-order valence-electron chi connectivity index (χ4n) is 1.62. The zero-order valence-electron chi connectivity index (χ0n) is 10.3. The minimum atomic E-state index is 0.670. The standard InChI is InChI=1S/C12H16N4O/c1-9-4-5-12(17-3)11(6-9)13-7-10-8-14-15-16(10)2/h4-6,8,13H,7H2,1-3H3. The summed E-state index contributed by atoms with van der Waals surface area (Å²) in [6, 6.07) is 6.04. The van der Waals surface area contributed by atoms with E-state index in [2.05, 4.69) is 28.6 Å². The highest BCUT2D eigenvalue weighted by atomic mass is 16.5. The van der Waals surface area contributed by atoms with E-state index in [1.54, 1.807) is 18.0 Å². The van der Waals surface area contributed by atoms with Gasteiger partial charge in [0.05, 0.1) is 31.2 Å². The van der Waals surface area contributed by atoms with Gasteiger partial charge >= 0.3 is 0 Å². The van der Waals surface area contributed by atoms with Crippen LogP contribution in [0.5, 0.6) is 5.75 Å². The summed E-state index contributed by atoms with van der Waals surface area (Å²) in [4.78, 5) is 0. The van der Waals surface area contributed by atoms with Gasteiger partial charge in [0.15, 0.2) is 0 Å². The molecule has 2 rings (SSSR count). The normalized spacial score (nSPS) is 10.3. The minimum absolute atomic E-state index is 0.670. The van der Waals surface area contributed by atoms with Gasteiger partial charge in [0.25, 0.3) is 0 Å². The summed E-state index contributed by atoms with van der Waals surface area (Å²) in [7, 11) is 3.54. The molecule has 1 aromatic carbocycles. The van der Waals surface area contributed by atoms with Crippen molar-refractivity contribution in [1.82, 2.24) is 15.0 Å². The zero-order chi connectivity index (χ0) is 12.3. The molecule has 0 saturated heterocycles. The number of hydrogen-bond acceptors (Lipinski definition) is 4. The van der Waals surface area contributed by atoms with Crippen LogP contribution in [0.2, 0.25) is 0 Å². The van der Waals surface area contributed by atoms with E-state index in [9.17, 15) is 0 Å². The predicted octanol–water partition coefficient (Wildman–Crippen LogP) is 1.74. The number of hydrogen-bond donors (Lipinski definition) is 1. The summed E-state index contributed by atoms with van der Waals surface area (Å²) in [6.45, 7) is 2.72. The molecule has 0 saturated carbocycles. The lowest BCUT2D eigenvalue weighted by molar-refractivity contribution is 0.416. The third-order valence-corrected chi connectivity index (χ3v) is 2.62. The van der Waals surface area contributed by atoms with Gasteiger partial charge in [-0.1, -0.05) is 11.3 Å². The van der Waals surface area contributed by atoms with Crippen molar-refractivity contribution in [2.45, 2.75) is 13.5 Å². The van der Waals surface area contributed by atoms with E-state index >= 15 is 0 Å². The molecule has 17 heavy (non-hydrogen) atoms. The first-order valence-electron chi connectivity index (χ1n) is 5.43. The molecule has 0 fully saturated rings. The van der Waals surface area contributed by atoms with Crippen LogP contribution in [-0.4, -0.2) is 22.1 Å². The maximum atomic E-state index is 5.30. The van der Waals surface area contributed by atoms with Gasteiger partial charge in [0, 0.05) is 7.05 Å².